The van der Waals surface area contributed by atoms with Crippen molar-refractivity contribution >= 4 is 23.6 Å². The third kappa shape index (κ3) is 7.77. The number of aromatic hydroxyl groups is 1. The minimum Gasteiger partial charge on any atom is -0.507 e. The number of phenolic OH excluding ortho intramolecular Hbond substituents is 1. The molecule has 0 saturated heterocycles. The van der Waals surface area contributed by atoms with Gasteiger partial charge in [0.25, 0.3) is 0 Å². The number of ether oxygens (including phenoxy) is 1. The quantitative estimate of drug-likeness (QED) is 0.316. The molecule has 12 heteroatoms. The number of nitrogens with one attached hydrogen (secondary N) is 1. The Kier molecular flexibility index (Phi) is 9.53. The van der Waals surface area contributed by atoms with Crippen molar-refractivity contribution in [2.24, 2.45) is 0 Å². The summed E-state index contributed by atoms with van der Waals surface area (Å²) in [6.45, 7) is 14.3. The Balaban J connectivity index is 0.000000745. The number of aromatic carboxylic acids is 1. The maximum Gasteiger partial charge on any atom is 0.490 e. The van der Waals surface area contributed by atoms with Gasteiger partial charge in [0.15, 0.2) is 5.78 Å². The van der Waals surface area contributed by atoms with Crippen molar-refractivity contribution < 1.29 is 47.6 Å². The van der Waals surface area contributed by atoms with Gasteiger partial charge < -0.3 is 25.0 Å². The molecule has 2 aromatic rings. The van der Waals surface area contributed by atoms with Crippen LogP contribution in [0.2, 0.25) is 0 Å². The van der Waals surface area contributed by atoms with Gasteiger partial charge in [-0.25, -0.2) is 9.59 Å². The highest BCUT2D eigenvalue weighted by Gasteiger charge is 2.38. The van der Waals surface area contributed by atoms with E-state index in [9.17, 15) is 33.0 Å². The van der Waals surface area contributed by atoms with Crippen LogP contribution in [0.25, 0.3) is 0 Å². The molecular weight excluding hydrogens is 545 g/mol. The van der Waals surface area contributed by atoms with Gasteiger partial charge in [0.1, 0.15) is 22.9 Å². The Morgan fingerprint density at radius 1 is 0.951 bits per heavy atom. The Labute approximate surface area is 236 Å². The van der Waals surface area contributed by atoms with Crippen LogP contribution in [-0.2, 0) is 22.2 Å². The number of ketones is 1. The number of benzene rings is 2. The van der Waals surface area contributed by atoms with E-state index < -0.39 is 18.1 Å². The van der Waals surface area contributed by atoms with Crippen LogP contribution in [-0.4, -0.2) is 63.1 Å². The lowest BCUT2D eigenvalue weighted by molar-refractivity contribution is -0.192. The monoisotopic (exact) mass is 580 g/mol. The van der Waals surface area contributed by atoms with Gasteiger partial charge in [0.05, 0.1) is 13.2 Å². The summed E-state index contributed by atoms with van der Waals surface area (Å²) in [5, 5.41) is 36.2. The zero-order valence-electron chi connectivity index (χ0n) is 24.0. The molecule has 0 aliphatic carbocycles. The molecule has 0 saturated carbocycles. The summed E-state index contributed by atoms with van der Waals surface area (Å²) in [7, 11) is 0. The molecule has 1 heterocycles. The number of phenols is 1. The number of carbonyl (C=O) groups excluding carboxylic acids is 1. The Hall–Kier alpha value is -4.09. The molecular formula is C29H35F3N2O7. The van der Waals surface area contributed by atoms with E-state index in [2.05, 4.69) is 0 Å². The molecule has 3 rings (SSSR count). The topological polar surface area (TPSA) is 148 Å². The number of carbonyl (C=O) groups is 3. The minimum atomic E-state index is -5.08. The Morgan fingerprint density at radius 3 is 1.83 bits per heavy atom. The molecule has 0 aromatic heterocycles. The van der Waals surface area contributed by atoms with Crippen molar-refractivity contribution in [1.82, 2.24) is 4.90 Å². The Bertz CT molecular complexity index is 1340. The fourth-order valence-electron chi connectivity index (χ4n) is 4.21. The molecule has 4 N–H and O–H groups in total. The average Bonchev–Trinajstić information content (AvgIpc) is 3.11. The van der Waals surface area contributed by atoms with Crippen molar-refractivity contribution in [3.63, 3.8) is 0 Å². The van der Waals surface area contributed by atoms with Gasteiger partial charge >= 0.3 is 18.1 Å². The first-order valence-corrected chi connectivity index (χ1v) is 12.7. The lowest BCUT2D eigenvalue weighted by atomic mass is 9.78. The van der Waals surface area contributed by atoms with Gasteiger partial charge in [-0.15, -0.1) is 0 Å². The van der Waals surface area contributed by atoms with Crippen LogP contribution in [0.1, 0.15) is 91.4 Å². The van der Waals surface area contributed by atoms with Gasteiger partial charge in [-0.3, -0.25) is 10.2 Å². The van der Waals surface area contributed by atoms with Crippen molar-refractivity contribution in [2.75, 3.05) is 13.2 Å². The number of halogens is 3. The van der Waals surface area contributed by atoms with E-state index in [1.807, 2.05) is 41.5 Å². The third-order valence-corrected chi connectivity index (χ3v) is 6.29. The van der Waals surface area contributed by atoms with Gasteiger partial charge in [-0.2, -0.15) is 13.2 Å². The van der Waals surface area contributed by atoms with Crippen LogP contribution in [0.15, 0.2) is 24.3 Å². The fraction of sp³-hybridized carbons (Fsp3) is 0.448. The number of carboxylic acid groups (broad SMARTS) is 2. The number of Topliss-reactive ketones (excluding diaryl/α,β-unsaturated/α-hetero) is 1. The van der Waals surface area contributed by atoms with E-state index in [0.29, 0.717) is 35.4 Å². The number of nitrogens with zero attached hydrogens (tertiary/aromatic N) is 1. The summed E-state index contributed by atoms with van der Waals surface area (Å²) >= 11 is 0. The molecule has 0 amide bonds. The molecule has 0 bridgehead atoms. The smallest absolute Gasteiger partial charge is 0.490 e. The zero-order valence-corrected chi connectivity index (χ0v) is 24.0. The number of hydrogen-bond acceptors (Lipinski definition) is 6. The fourth-order valence-corrected chi connectivity index (χ4v) is 4.21. The third-order valence-electron chi connectivity index (χ3n) is 6.29. The SMILES string of the molecule is CCOc1cc2c(cc1C(=O)O)C(=N)N(CC(=O)c1cc(C(C)(C)C)c(O)c(C(C)(C)C)c1)C2.O=C(O)C(F)(F)F. The molecule has 9 nitrogen and oxygen atoms in total. The van der Waals surface area contributed by atoms with Crippen LogP contribution < -0.4 is 4.74 Å². The molecule has 41 heavy (non-hydrogen) atoms. The standard InChI is InChI=1S/C27H34N2O5.C2HF3O2/c1-8-34-22-11-16-13-29(24(28)17(16)12-18(22)25(32)33)14-21(30)15-9-19(26(2,3)4)23(31)20(10-15)27(5,6)7;3-2(4,5)1(6)7/h9-12,28,31H,8,13-14H2,1-7H3,(H,32,33);(H,6,7). The number of rotatable bonds is 6. The van der Waals surface area contributed by atoms with Crippen LogP contribution in [0, 0.1) is 5.41 Å². The van der Waals surface area contributed by atoms with Crippen LogP contribution in [0.3, 0.4) is 0 Å². The largest absolute Gasteiger partial charge is 0.507 e. The second-order valence-corrected chi connectivity index (χ2v) is 11.6. The van der Waals surface area contributed by atoms with Crippen molar-refractivity contribution in [1.29, 1.82) is 5.41 Å². The van der Waals surface area contributed by atoms with E-state index >= 15 is 0 Å². The van der Waals surface area contributed by atoms with Crippen molar-refractivity contribution in [3.8, 4) is 11.5 Å². The molecule has 224 valence electrons. The number of amidine groups is 1. The summed E-state index contributed by atoms with van der Waals surface area (Å²) in [5.74, 6) is -3.47. The van der Waals surface area contributed by atoms with Gasteiger partial charge in [-0.1, -0.05) is 41.5 Å². The maximum absolute atomic E-state index is 13.4. The Morgan fingerprint density at radius 2 is 1.44 bits per heavy atom. The molecule has 0 atom stereocenters. The number of hydrogen-bond donors (Lipinski definition) is 4. The lowest BCUT2D eigenvalue weighted by Gasteiger charge is -2.28. The maximum atomic E-state index is 13.4. The summed E-state index contributed by atoms with van der Waals surface area (Å²) in [6, 6.07) is 6.59. The van der Waals surface area contributed by atoms with Gasteiger partial charge in [-0.05, 0) is 47.6 Å². The van der Waals surface area contributed by atoms with Crippen molar-refractivity contribution in [3.05, 3.63) is 57.6 Å². The van der Waals surface area contributed by atoms with E-state index in [1.54, 1.807) is 30.0 Å². The highest BCUT2D eigenvalue weighted by molar-refractivity contribution is 6.07. The second-order valence-electron chi connectivity index (χ2n) is 11.6. The van der Waals surface area contributed by atoms with E-state index in [-0.39, 0.29) is 46.1 Å². The van der Waals surface area contributed by atoms with Gasteiger partial charge in [0, 0.05) is 28.8 Å². The average molecular weight is 581 g/mol. The molecule has 0 unspecified atom stereocenters. The molecule has 1 aliphatic heterocycles. The van der Waals surface area contributed by atoms with Crippen LogP contribution >= 0.6 is 0 Å². The van der Waals surface area contributed by atoms with E-state index in [4.69, 9.17) is 20.0 Å². The zero-order chi connectivity index (χ0) is 31.7. The minimum absolute atomic E-state index is 0.00157. The number of fused-ring (bicyclic) bond motifs is 1. The van der Waals surface area contributed by atoms with Crippen LogP contribution in [0.5, 0.6) is 11.5 Å². The lowest BCUT2D eigenvalue weighted by Crippen LogP contribution is -2.30. The predicted octanol–water partition coefficient (Wildman–Crippen LogP) is 5.74. The van der Waals surface area contributed by atoms with E-state index in [1.165, 1.54) is 6.07 Å². The van der Waals surface area contributed by atoms with Crippen molar-refractivity contribution in [2.45, 2.75) is 72.0 Å². The summed E-state index contributed by atoms with van der Waals surface area (Å²) in [5.41, 5.74) is 2.41. The number of carboxylic acids is 2. The first kappa shape index (κ1) is 33.1. The summed E-state index contributed by atoms with van der Waals surface area (Å²) in [4.78, 5) is 35.6. The summed E-state index contributed by atoms with van der Waals surface area (Å²) in [6.07, 6.45) is -5.08. The normalized spacial score (nSPS) is 13.3. The summed E-state index contributed by atoms with van der Waals surface area (Å²) < 4.78 is 37.2. The highest BCUT2D eigenvalue weighted by atomic mass is 19.4. The van der Waals surface area contributed by atoms with E-state index in [0.717, 1.165) is 5.56 Å². The van der Waals surface area contributed by atoms with Gasteiger partial charge in [0.2, 0.25) is 0 Å². The molecule has 0 radical (unpaired) electrons. The number of aliphatic carboxylic acids is 1. The second kappa shape index (κ2) is 11.8. The molecule has 2 aromatic carbocycles. The molecule has 1 aliphatic rings. The molecule has 0 fully saturated rings. The first-order valence-electron chi connectivity index (χ1n) is 12.7. The highest BCUT2D eigenvalue weighted by Crippen LogP contribution is 2.40. The first-order chi connectivity index (χ1) is 18.6. The predicted molar refractivity (Wildman–Crippen MR) is 145 cm³/mol. The van der Waals surface area contributed by atoms with Crippen LogP contribution in [0.4, 0.5) is 13.2 Å². The number of alkyl halides is 3. The molecule has 0 spiro atoms.